The molecule has 0 spiro atoms. The van der Waals surface area contributed by atoms with Gasteiger partial charge in [0.1, 0.15) is 0 Å². The van der Waals surface area contributed by atoms with Crippen LogP contribution in [0.3, 0.4) is 0 Å². The van der Waals surface area contributed by atoms with Crippen LogP contribution in [-0.4, -0.2) is 60.1 Å². The molecule has 0 aromatic rings. The lowest BCUT2D eigenvalue weighted by Crippen LogP contribution is -2.55. The lowest BCUT2D eigenvalue weighted by atomic mass is 10.5. The standard InChI is InChI=1S/C14H39N2O3Si4/c1-20(2)14-17-22(6,7)19-23(8,18-21(3,4)5)13-9-11-16-12-10-15/h16H,9-15H2,1-8H3. The van der Waals surface area contributed by atoms with Crippen LogP contribution in [0.25, 0.3) is 0 Å². The first-order valence-corrected chi connectivity index (χ1v) is 20.1. The summed E-state index contributed by atoms with van der Waals surface area (Å²) < 4.78 is 19.3. The molecule has 1 radical (unpaired) electrons. The maximum atomic E-state index is 6.59. The Balaban J connectivity index is 4.70. The van der Waals surface area contributed by atoms with Crippen LogP contribution in [0.15, 0.2) is 0 Å². The van der Waals surface area contributed by atoms with Gasteiger partial charge in [0.15, 0.2) is 8.32 Å². The molecule has 0 aliphatic rings. The number of rotatable bonds is 13. The number of nitrogens with one attached hydrogen (secondary N) is 1. The fourth-order valence-electron chi connectivity index (χ4n) is 2.40. The van der Waals surface area contributed by atoms with Gasteiger partial charge in [-0.1, -0.05) is 13.1 Å². The fraction of sp³-hybridized carbons (Fsp3) is 1.00. The average Bonchev–Trinajstić information content (AvgIpc) is 2.33. The average molecular weight is 396 g/mol. The largest absolute Gasteiger partial charge is 0.437 e. The van der Waals surface area contributed by atoms with Crippen LogP contribution in [0, 0.1) is 0 Å². The van der Waals surface area contributed by atoms with Crippen molar-refractivity contribution in [1.29, 1.82) is 0 Å². The fourth-order valence-corrected chi connectivity index (χ4v) is 16.7. The van der Waals surface area contributed by atoms with E-state index in [1.807, 2.05) is 0 Å². The van der Waals surface area contributed by atoms with E-state index in [0.717, 1.165) is 31.8 Å². The van der Waals surface area contributed by atoms with Gasteiger partial charge in [-0.3, -0.25) is 0 Å². The van der Waals surface area contributed by atoms with E-state index in [1.54, 1.807) is 0 Å². The van der Waals surface area contributed by atoms with Crippen molar-refractivity contribution in [2.45, 2.75) is 64.8 Å². The van der Waals surface area contributed by atoms with E-state index in [4.69, 9.17) is 18.4 Å². The molecule has 0 bridgehead atoms. The molecular formula is C14H39N2O3Si4. The van der Waals surface area contributed by atoms with Gasteiger partial charge >= 0.3 is 17.1 Å². The normalized spacial score (nSPS) is 15.9. The Kier molecular flexibility index (Phi) is 10.9. The molecule has 0 aromatic carbocycles. The second-order valence-electron chi connectivity index (χ2n) is 7.99. The van der Waals surface area contributed by atoms with Crippen LogP contribution >= 0.6 is 0 Å². The zero-order chi connectivity index (χ0) is 18.1. The summed E-state index contributed by atoms with van der Waals surface area (Å²) in [7, 11) is -6.38. The van der Waals surface area contributed by atoms with Crippen LogP contribution in [0.2, 0.25) is 58.4 Å². The highest BCUT2D eigenvalue weighted by atomic mass is 28.5. The second kappa shape index (κ2) is 10.6. The van der Waals surface area contributed by atoms with Crippen molar-refractivity contribution in [3.8, 4) is 0 Å². The monoisotopic (exact) mass is 395 g/mol. The van der Waals surface area contributed by atoms with Crippen molar-refractivity contribution >= 4 is 34.2 Å². The quantitative estimate of drug-likeness (QED) is 0.371. The lowest BCUT2D eigenvalue weighted by molar-refractivity contribution is 0.260. The summed E-state index contributed by atoms with van der Waals surface area (Å²) in [6, 6.07) is 1.00. The highest BCUT2D eigenvalue weighted by Gasteiger charge is 2.42. The first kappa shape index (κ1) is 23.7. The van der Waals surface area contributed by atoms with E-state index < -0.39 is 25.4 Å². The van der Waals surface area contributed by atoms with E-state index in [2.05, 4.69) is 57.7 Å². The van der Waals surface area contributed by atoms with E-state index in [-0.39, 0.29) is 8.80 Å². The molecule has 9 heteroatoms. The van der Waals surface area contributed by atoms with Crippen molar-refractivity contribution in [3.63, 3.8) is 0 Å². The van der Waals surface area contributed by atoms with E-state index in [0.29, 0.717) is 6.54 Å². The zero-order valence-electron chi connectivity index (χ0n) is 16.5. The highest BCUT2D eigenvalue weighted by Crippen LogP contribution is 2.25. The molecule has 1 atom stereocenters. The summed E-state index contributed by atoms with van der Waals surface area (Å²) in [5.74, 6) is 0. The van der Waals surface area contributed by atoms with Gasteiger partial charge in [-0.2, -0.15) is 0 Å². The van der Waals surface area contributed by atoms with Gasteiger partial charge in [-0.05, 0) is 58.3 Å². The molecular weight excluding hydrogens is 357 g/mol. The zero-order valence-corrected chi connectivity index (χ0v) is 20.5. The molecule has 0 aliphatic heterocycles. The minimum absolute atomic E-state index is 0.390. The van der Waals surface area contributed by atoms with Crippen LogP contribution in [-0.2, 0) is 12.7 Å². The number of hydrogen-bond donors (Lipinski definition) is 2. The molecule has 139 valence electrons. The molecule has 0 heterocycles. The van der Waals surface area contributed by atoms with Crippen LogP contribution in [0.5, 0.6) is 0 Å². The summed E-state index contributed by atoms with van der Waals surface area (Å²) in [4.78, 5) is 0. The van der Waals surface area contributed by atoms with Gasteiger partial charge in [0, 0.05) is 19.3 Å². The first-order valence-electron chi connectivity index (χ1n) is 8.63. The van der Waals surface area contributed by atoms with Crippen LogP contribution in [0.4, 0.5) is 0 Å². The minimum Gasteiger partial charge on any atom is -0.437 e. The molecule has 0 saturated carbocycles. The molecule has 1 unspecified atom stereocenters. The van der Waals surface area contributed by atoms with Gasteiger partial charge in [0.2, 0.25) is 0 Å². The Morgan fingerprint density at radius 3 is 2.04 bits per heavy atom. The number of nitrogens with two attached hydrogens (primary N) is 1. The van der Waals surface area contributed by atoms with Gasteiger partial charge in [0.05, 0.1) is 8.80 Å². The van der Waals surface area contributed by atoms with Gasteiger partial charge in [0.25, 0.3) is 0 Å². The maximum absolute atomic E-state index is 6.59. The predicted molar refractivity (Wildman–Crippen MR) is 109 cm³/mol. The number of hydrogen-bond acceptors (Lipinski definition) is 5. The molecule has 0 aromatic heterocycles. The van der Waals surface area contributed by atoms with Crippen molar-refractivity contribution in [2.75, 3.05) is 25.9 Å². The van der Waals surface area contributed by atoms with Crippen molar-refractivity contribution < 1.29 is 12.7 Å². The third kappa shape index (κ3) is 13.6. The van der Waals surface area contributed by atoms with E-state index in [1.165, 1.54) is 0 Å². The summed E-state index contributed by atoms with van der Waals surface area (Å²) in [6.07, 6.45) is 1.92. The topological polar surface area (TPSA) is 65.7 Å². The Bertz CT molecular complexity index is 328. The predicted octanol–water partition coefficient (Wildman–Crippen LogP) is 2.88. The smallest absolute Gasteiger partial charge is 0.322 e. The molecule has 5 nitrogen and oxygen atoms in total. The van der Waals surface area contributed by atoms with Crippen LogP contribution < -0.4 is 11.1 Å². The SMILES string of the molecule is C[Si](C)CO[Si](C)(C)O[Si](C)(CCCNCCN)O[Si](C)(C)C. The highest BCUT2D eigenvalue weighted by molar-refractivity contribution is 6.86. The maximum Gasteiger partial charge on any atom is 0.322 e. The molecule has 23 heavy (non-hydrogen) atoms. The molecule has 0 aliphatic carbocycles. The Labute approximate surface area is 148 Å². The summed E-state index contributed by atoms with van der Waals surface area (Å²) in [5, 5.41) is 3.36. The first-order chi connectivity index (χ1) is 10.4. The molecule has 0 fully saturated rings. The summed E-state index contributed by atoms with van der Waals surface area (Å²) >= 11 is 0. The Hall–Kier alpha value is 0.668. The molecule has 0 saturated heterocycles. The second-order valence-corrected chi connectivity index (χ2v) is 22.4. The van der Waals surface area contributed by atoms with Gasteiger partial charge in [-0.25, -0.2) is 0 Å². The molecule has 3 N–H and O–H groups in total. The third-order valence-electron chi connectivity index (χ3n) is 3.00. The van der Waals surface area contributed by atoms with Crippen molar-refractivity contribution in [3.05, 3.63) is 0 Å². The minimum atomic E-state index is -2.21. The van der Waals surface area contributed by atoms with Gasteiger partial charge in [-0.15, -0.1) is 0 Å². The lowest BCUT2D eigenvalue weighted by Gasteiger charge is -2.39. The van der Waals surface area contributed by atoms with Gasteiger partial charge < -0.3 is 23.7 Å². The van der Waals surface area contributed by atoms with Crippen molar-refractivity contribution in [1.82, 2.24) is 5.32 Å². The molecule has 0 rings (SSSR count). The molecule has 0 amide bonds. The Morgan fingerprint density at radius 1 is 0.957 bits per heavy atom. The third-order valence-corrected chi connectivity index (χ3v) is 14.0. The van der Waals surface area contributed by atoms with Crippen molar-refractivity contribution in [2.24, 2.45) is 5.73 Å². The Morgan fingerprint density at radius 2 is 1.57 bits per heavy atom. The van der Waals surface area contributed by atoms with Crippen LogP contribution in [0.1, 0.15) is 6.42 Å². The summed E-state index contributed by atoms with van der Waals surface area (Å²) in [5.41, 5.74) is 5.51. The van der Waals surface area contributed by atoms with E-state index >= 15 is 0 Å². The summed E-state index contributed by atoms with van der Waals surface area (Å²) in [6.45, 7) is 20.3. The van der Waals surface area contributed by atoms with E-state index in [9.17, 15) is 0 Å².